The Morgan fingerprint density at radius 1 is 1.21 bits per heavy atom. The Hall–Kier alpha value is -2.51. The van der Waals surface area contributed by atoms with Crippen molar-refractivity contribution in [2.75, 3.05) is 0 Å². The molecule has 1 aliphatic rings. The first-order valence-electron chi connectivity index (χ1n) is 7.33. The normalized spacial score (nSPS) is 19.1. The maximum Gasteiger partial charge on any atom is 0.449 e. The number of rotatable bonds is 1. The molecule has 1 aromatic heterocycles. The Bertz CT molecular complexity index is 915. The van der Waals surface area contributed by atoms with Crippen molar-refractivity contribution in [1.29, 1.82) is 0 Å². The fourth-order valence-electron chi connectivity index (χ4n) is 3.03. The van der Waals surface area contributed by atoms with Gasteiger partial charge in [-0.1, -0.05) is 12.1 Å². The van der Waals surface area contributed by atoms with Crippen LogP contribution in [0.2, 0.25) is 0 Å². The average molecular weight is 338 g/mol. The number of alkyl halides is 3. The molecular weight excluding hydrogens is 325 g/mol. The number of aromatic nitrogens is 2. The molecule has 8 heteroatoms. The SMILES string of the molecule is Cc1cccc2nc(C(F)(F)F)n(C3CCC(=O)CC3=O)c(=O)c12. The van der Waals surface area contributed by atoms with Gasteiger partial charge in [-0.05, 0) is 25.0 Å². The molecule has 1 unspecified atom stereocenters. The third-order valence-electron chi connectivity index (χ3n) is 4.14. The average Bonchev–Trinajstić information content (AvgIpc) is 2.47. The highest BCUT2D eigenvalue weighted by molar-refractivity contribution is 6.03. The number of fused-ring (bicyclic) bond motifs is 1. The van der Waals surface area contributed by atoms with Crippen LogP contribution >= 0.6 is 0 Å². The highest BCUT2D eigenvalue weighted by Crippen LogP contribution is 2.32. The molecule has 1 fully saturated rings. The monoisotopic (exact) mass is 338 g/mol. The lowest BCUT2D eigenvalue weighted by molar-refractivity contribution is -0.150. The first-order valence-corrected chi connectivity index (χ1v) is 7.33. The Labute approximate surface area is 134 Å². The molecule has 1 aromatic carbocycles. The molecule has 2 aromatic rings. The molecule has 24 heavy (non-hydrogen) atoms. The molecule has 0 radical (unpaired) electrons. The minimum absolute atomic E-state index is 0.0358. The summed E-state index contributed by atoms with van der Waals surface area (Å²) >= 11 is 0. The summed E-state index contributed by atoms with van der Waals surface area (Å²) in [5.74, 6) is -2.42. The standard InChI is InChI=1S/C16H13F3N2O3/c1-8-3-2-4-10-13(8)14(24)21(15(20-10)16(17,18)19)11-6-5-9(22)7-12(11)23/h2-4,11H,5-7H2,1H3. The van der Waals surface area contributed by atoms with Crippen LogP contribution in [0.15, 0.2) is 23.0 Å². The number of benzene rings is 1. The molecule has 1 atom stereocenters. The van der Waals surface area contributed by atoms with Crippen LogP contribution in [0.3, 0.4) is 0 Å². The first kappa shape index (κ1) is 16.4. The van der Waals surface area contributed by atoms with E-state index in [2.05, 4.69) is 4.98 Å². The van der Waals surface area contributed by atoms with Crippen molar-refractivity contribution in [2.45, 2.75) is 38.4 Å². The Balaban J connectivity index is 2.34. The van der Waals surface area contributed by atoms with Crippen LogP contribution in [0.25, 0.3) is 10.9 Å². The fraction of sp³-hybridized carbons (Fsp3) is 0.375. The zero-order valence-electron chi connectivity index (χ0n) is 12.7. The van der Waals surface area contributed by atoms with Crippen LogP contribution in [-0.4, -0.2) is 21.1 Å². The second-order valence-corrected chi connectivity index (χ2v) is 5.81. The van der Waals surface area contributed by atoms with Crippen molar-refractivity contribution in [3.8, 4) is 0 Å². The molecule has 5 nitrogen and oxygen atoms in total. The minimum Gasteiger partial charge on any atom is -0.299 e. The van der Waals surface area contributed by atoms with Crippen molar-refractivity contribution < 1.29 is 22.8 Å². The highest BCUT2D eigenvalue weighted by Gasteiger charge is 2.41. The van der Waals surface area contributed by atoms with Crippen molar-refractivity contribution >= 4 is 22.5 Å². The lowest BCUT2D eigenvalue weighted by atomic mass is 9.92. The smallest absolute Gasteiger partial charge is 0.299 e. The van der Waals surface area contributed by atoms with E-state index in [0.29, 0.717) is 10.1 Å². The van der Waals surface area contributed by atoms with E-state index >= 15 is 0 Å². The van der Waals surface area contributed by atoms with E-state index < -0.39 is 35.8 Å². The van der Waals surface area contributed by atoms with Crippen LogP contribution in [0.5, 0.6) is 0 Å². The van der Waals surface area contributed by atoms with Crippen LogP contribution in [-0.2, 0) is 15.8 Å². The van der Waals surface area contributed by atoms with Crippen LogP contribution < -0.4 is 5.56 Å². The predicted molar refractivity (Wildman–Crippen MR) is 78.6 cm³/mol. The predicted octanol–water partition coefficient (Wildman–Crippen LogP) is 2.59. The van der Waals surface area contributed by atoms with Gasteiger partial charge in [-0.2, -0.15) is 13.2 Å². The molecule has 1 saturated carbocycles. The summed E-state index contributed by atoms with van der Waals surface area (Å²) in [6.45, 7) is 1.59. The number of carbonyl (C=O) groups excluding carboxylic acids is 2. The summed E-state index contributed by atoms with van der Waals surface area (Å²) in [6.07, 6.45) is -5.51. The van der Waals surface area contributed by atoms with E-state index in [1.807, 2.05) is 0 Å². The van der Waals surface area contributed by atoms with Gasteiger partial charge in [0.1, 0.15) is 5.78 Å². The van der Waals surface area contributed by atoms with E-state index in [1.165, 1.54) is 12.1 Å². The van der Waals surface area contributed by atoms with Gasteiger partial charge in [-0.3, -0.25) is 19.0 Å². The molecule has 0 N–H and O–H groups in total. The topological polar surface area (TPSA) is 69.0 Å². The number of nitrogens with zero attached hydrogens (tertiary/aromatic N) is 2. The fourth-order valence-corrected chi connectivity index (χ4v) is 3.03. The van der Waals surface area contributed by atoms with Crippen LogP contribution in [0.1, 0.15) is 36.7 Å². The maximum absolute atomic E-state index is 13.4. The zero-order chi connectivity index (χ0) is 17.6. The van der Waals surface area contributed by atoms with E-state index in [0.717, 1.165) is 0 Å². The lowest BCUT2D eigenvalue weighted by Crippen LogP contribution is -2.39. The molecule has 0 bridgehead atoms. The molecule has 0 saturated heterocycles. The Morgan fingerprint density at radius 3 is 2.54 bits per heavy atom. The van der Waals surface area contributed by atoms with Gasteiger partial charge in [0.05, 0.1) is 23.4 Å². The summed E-state index contributed by atoms with van der Waals surface area (Å²) in [4.78, 5) is 39.7. The van der Waals surface area contributed by atoms with E-state index in [1.54, 1.807) is 13.0 Å². The molecule has 126 valence electrons. The highest BCUT2D eigenvalue weighted by atomic mass is 19.4. The lowest BCUT2D eigenvalue weighted by Gasteiger charge is -2.25. The first-order chi connectivity index (χ1) is 11.2. The second kappa shape index (κ2) is 5.54. The molecule has 1 aliphatic carbocycles. The number of aryl methyl sites for hydroxylation is 1. The number of hydrogen-bond donors (Lipinski definition) is 0. The third kappa shape index (κ3) is 2.61. The number of halogens is 3. The number of carbonyl (C=O) groups is 2. The van der Waals surface area contributed by atoms with E-state index in [4.69, 9.17) is 0 Å². The molecule has 1 heterocycles. The second-order valence-electron chi connectivity index (χ2n) is 5.81. The van der Waals surface area contributed by atoms with E-state index in [9.17, 15) is 27.6 Å². The molecule has 3 rings (SSSR count). The van der Waals surface area contributed by atoms with Gasteiger partial charge in [0.25, 0.3) is 5.56 Å². The summed E-state index contributed by atoms with van der Waals surface area (Å²) in [5.41, 5.74) is -0.493. The molecule has 0 aliphatic heterocycles. The largest absolute Gasteiger partial charge is 0.449 e. The summed E-state index contributed by atoms with van der Waals surface area (Å²) < 4.78 is 40.7. The van der Waals surface area contributed by atoms with Crippen LogP contribution in [0, 0.1) is 6.92 Å². The van der Waals surface area contributed by atoms with Crippen molar-refractivity contribution in [3.63, 3.8) is 0 Å². The minimum atomic E-state index is -4.89. The molecular formula is C16H13F3N2O3. The quantitative estimate of drug-likeness (QED) is 0.750. The number of Topliss-reactive ketones (excluding diaryl/α,β-unsaturated/α-hetero) is 2. The van der Waals surface area contributed by atoms with Crippen LogP contribution in [0.4, 0.5) is 13.2 Å². The molecule has 0 spiro atoms. The maximum atomic E-state index is 13.4. The molecule has 0 amide bonds. The summed E-state index contributed by atoms with van der Waals surface area (Å²) in [7, 11) is 0. The third-order valence-corrected chi connectivity index (χ3v) is 4.14. The van der Waals surface area contributed by atoms with Crippen molar-refractivity contribution in [1.82, 2.24) is 9.55 Å². The van der Waals surface area contributed by atoms with Gasteiger partial charge in [0.2, 0.25) is 5.82 Å². The summed E-state index contributed by atoms with van der Waals surface area (Å²) in [5, 5.41) is 0.0511. The van der Waals surface area contributed by atoms with Gasteiger partial charge in [-0.25, -0.2) is 4.98 Å². The van der Waals surface area contributed by atoms with Crippen molar-refractivity contribution in [2.24, 2.45) is 0 Å². The van der Waals surface area contributed by atoms with Gasteiger partial charge < -0.3 is 0 Å². The zero-order valence-corrected chi connectivity index (χ0v) is 12.7. The Kier molecular flexibility index (Phi) is 3.77. The van der Waals surface area contributed by atoms with Crippen molar-refractivity contribution in [3.05, 3.63) is 39.9 Å². The number of hydrogen-bond acceptors (Lipinski definition) is 4. The summed E-state index contributed by atoms with van der Waals surface area (Å²) in [6, 6.07) is 3.12. The van der Waals surface area contributed by atoms with Gasteiger partial charge in [0, 0.05) is 6.42 Å². The van der Waals surface area contributed by atoms with E-state index in [-0.39, 0.29) is 29.5 Å². The van der Waals surface area contributed by atoms with Gasteiger partial charge >= 0.3 is 6.18 Å². The Morgan fingerprint density at radius 2 is 1.92 bits per heavy atom. The number of ketones is 2. The van der Waals surface area contributed by atoms with Gasteiger partial charge in [0.15, 0.2) is 5.78 Å². The van der Waals surface area contributed by atoms with Gasteiger partial charge in [-0.15, -0.1) is 0 Å².